The van der Waals surface area contributed by atoms with Crippen molar-refractivity contribution >= 4 is 44.4 Å². The molecule has 1 N–H and O–H groups in total. The number of hydrogen-bond acceptors (Lipinski definition) is 5. The average molecular weight is 482 g/mol. The van der Waals surface area contributed by atoms with Crippen molar-refractivity contribution in [2.24, 2.45) is 0 Å². The molecule has 0 radical (unpaired) electrons. The Kier molecular flexibility index (Phi) is 6.34. The van der Waals surface area contributed by atoms with Crippen LogP contribution in [0.4, 0.5) is 5.69 Å². The number of benzene rings is 2. The van der Waals surface area contributed by atoms with Crippen LogP contribution in [0.3, 0.4) is 0 Å². The highest BCUT2D eigenvalue weighted by atomic mass is 79.9. The lowest BCUT2D eigenvalue weighted by molar-refractivity contribution is -0.119. The number of fused-ring (bicyclic) bond motifs is 2. The minimum absolute atomic E-state index is 0.360. The molecule has 160 valence electrons. The van der Waals surface area contributed by atoms with Crippen LogP contribution in [0.1, 0.15) is 35.5 Å². The molecule has 1 aromatic heterocycles. The number of para-hydroxylation sites is 2. The summed E-state index contributed by atoms with van der Waals surface area (Å²) < 4.78 is 6.22. The molecule has 0 bridgehead atoms. The zero-order valence-electron chi connectivity index (χ0n) is 17.5. The van der Waals surface area contributed by atoms with Crippen molar-refractivity contribution in [1.82, 2.24) is 9.88 Å². The number of carbonyl (C=O) groups is 2. The number of esters is 1. The number of halogens is 1. The molecular formula is C24H24BrN3O3. The van der Waals surface area contributed by atoms with Gasteiger partial charge in [-0.1, -0.05) is 30.3 Å². The molecule has 0 saturated heterocycles. The van der Waals surface area contributed by atoms with Crippen molar-refractivity contribution in [1.29, 1.82) is 0 Å². The average Bonchev–Trinajstić information content (AvgIpc) is 2.77. The van der Waals surface area contributed by atoms with Crippen molar-refractivity contribution in [2.45, 2.75) is 32.9 Å². The Morgan fingerprint density at radius 3 is 2.68 bits per heavy atom. The molecule has 0 aliphatic carbocycles. The number of pyridine rings is 1. The molecule has 2 aromatic carbocycles. The molecule has 6 nitrogen and oxygen atoms in total. The van der Waals surface area contributed by atoms with E-state index in [9.17, 15) is 9.59 Å². The van der Waals surface area contributed by atoms with Crippen LogP contribution in [0, 0.1) is 0 Å². The molecular weight excluding hydrogens is 458 g/mol. The number of nitrogens with zero attached hydrogens (tertiary/aromatic N) is 2. The molecule has 7 heteroatoms. The summed E-state index contributed by atoms with van der Waals surface area (Å²) in [7, 11) is 0. The van der Waals surface area contributed by atoms with Gasteiger partial charge in [-0.05, 0) is 48.0 Å². The smallest absolute Gasteiger partial charge is 0.339 e. The predicted octanol–water partition coefficient (Wildman–Crippen LogP) is 4.56. The van der Waals surface area contributed by atoms with Gasteiger partial charge < -0.3 is 10.1 Å². The van der Waals surface area contributed by atoms with Crippen molar-refractivity contribution in [3.63, 3.8) is 0 Å². The minimum atomic E-state index is -0.497. The summed E-state index contributed by atoms with van der Waals surface area (Å²) in [5.74, 6) is -0.890. The Morgan fingerprint density at radius 1 is 1.16 bits per heavy atom. The summed E-state index contributed by atoms with van der Waals surface area (Å²) in [4.78, 5) is 32.6. The quantitative estimate of drug-likeness (QED) is 0.540. The van der Waals surface area contributed by atoms with Crippen molar-refractivity contribution < 1.29 is 14.3 Å². The van der Waals surface area contributed by atoms with E-state index in [1.54, 1.807) is 6.07 Å². The fourth-order valence-corrected chi connectivity index (χ4v) is 4.22. The monoisotopic (exact) mass is 481 g/mol. The van der Waals surface area contributed by atoms with Crippen LogP contribution in [0.5, 0.6) is 0 Å². The second-order valence-corrected chi connectivity index (χ2v) is 8.70. The van der Waals surface area contributed by atoms with Gasteiger partial charge in [0.15, 0.2) is 6.61 Å². The number of ether oxygens (including phenoxy) is 1. The summed E-state index contributed by atoms with van der Waals surface area (Å²) in [6.07, 6.45) is 0.779. The molecule has 0 spiro atoms. The zero-order chi connectivity index (χ0) is 22.0. The van der Waals surface area contributed by atoms with Crippen LogP contribution in [-0.2, 0) is 22.5 Å². The van der Waals surface area contributed by atoms with Gasteiger partial charge in [0.2, 0.25) is 0 Å². The van der Waals surface area contributed by atoms with Crippen molar-refractivity contribution in [2.75, 3.05) is 18.5 Å². The first-order valence-electron chi connectivity index (χ1n) is 10.3. The number of hydrogen-bond donors (Lipinski definition) is 1. The standard InChI is InChI=1S/C24H24BrN3O3/c1-15(2)28-12-11-20-17(13-28)23(16-7-3-5-9-19(16)26-20)24(30)31-14-22(29)27-21-10-6-4-8-18(21)25/h3-10,15H,11-14H2,1-2H3,(H,27,29). The maximum atomic E-state index is 13.2. The second kappa shape index (κ2) is 9.16. The Bertz CT molecular complexity index is 1150. The molecule has 3 aromatic rings. The van der Waals surface area contributed by atoms with Crippen molar-refractivity contribution in [3.8, 4) is 0 Å². The number of nitrogens with one attached hydrogen (secondary N) is 1. The first-order valence-corrected chi connectivity index (χ1v) is 11.1. The number of anilines is 1. The molecule has 1 amide bonds. The van der Waals surface area contributed by atoms with Crippen LogP contribution in [0.2, 0.25) is 0 Å². The van der Waals surface area contributed by atoms with E-state index in [1.807, 2.05) is 42.5 Å². The number of aromatic nitrogens is 1. The molecule has 1 aliphatic heterocycles. The van der Waals surface area contributed by atoms with Gasteiger partial charge in [-0.25, -0.2) is 4.79 Å². The zero-order valence-corrected chi connectivity index (χ0v) is 19.1. The normalized spacial score (nSPS) is 13.8. The number of carbonyl (C=O) groups excluding carboxylic acids is 2. The number of rotatable bonds is 5. The van der Waals surface area contributed by atoms with Gasteiger partial charge in [0.1, 0.15) is 0 Å². The topological polar surface area (TPSA) is 71.5 Å². The summed E-state index contributed by atoms with van der Waals surface area (Å²) in [5, 5.41) is 3.51. The lowest BCUT2D eigenvalue weighted by Gasteiger charge is -2.32. The summed E-state index contributed by atoms with van der Waals surface area (Å²) in [6, 6.07) is 15.2. The largest absolute Gasteiger partial charge is 0.452 e. The predicted molar refractivity (Wildman–Crippen MR) is 124 cm³/mol. The van der Waals surface area contributed by atoms with Gasteiger partial charge in [0.05, 0.1) is 16.8 Å². The van der Waals surface area contributed by atoms with E-state index in [4.69, 9.17) is 9.72 Å². The molecule has 2 heterocycles. The summed E-state index contributed by atoms with van der Waals surface area (Å²) >= 11 is 3.39. The third-order valence-corrected chi connectivity index (χ3v) is 6.18. The maximum Gasteiger partial charge on any atom is 0.339 e. The first-order chi connectivity index (χ1) is 14.9. The third-order valence-electron chi connectivity index (χ3n) is 5.49. The van der Waals surface area contributed by atoms with E-state index >= 15 is 0 Å². The molecule has 31 heavy (non-hydrogen) atoms. The van der Waals surface area contributed by atoms with E-state index < -0.39 is 11.9 Å². The van der Waals surface area contributed by atoms with E-state index in [2.05, 4.69) is 40.0 Å². The van der Waals surface area contributed by atoms with Crippen molar-refractivity contribution in [3.05, 3.63) is 69.8 Å². The molecule has 0 unspecified atom stereocenters. The van der Waals surface area contributed by atoms with E-state index in [0.717, 1.165) is 39.6 Å². The maximum absolute atomic E-state index is 13.2. The van der Waals surface area contributed by atoms with Crippen LogP contribution in [0.15, 0.2) is 53.0 Å². The Hall–Kier alpha value is -2.77. The lowest BCUT2D eigenvalue weighted by Crippen LogP contribution is -2.37. The highest BCUT2D eigenvalue weighted by Gasteiger charge is 2.27. The van der Waals surface area contributed by atoms with Gasteiger partial charge in [0.25, 0.3) is 5.91 Å². The van der Waals surface area contributed by atoms with Gasteiger partial charge in [0, 0.05) is 46.7 Å². The fourth-order valence-electron chi connectivity index (χ4n) is 3.84. The van der Waals surface area contributed by atoms with E-state index in [-0.39, 0.29) is 6.61 Å². The van der Waals surface area contributed by atoms with Crippen LogP contribution in [0.25, 0.3) is 10.9 Å². The van der Waals surface area contributed by atoms with Crippen LogP contribution < -0.4 is 5.32 Å². The minimum Gasteiger partial charge on any atom is -0.452 e. The highest BCUT2D eigenvalue weighted by molar-refractivity contribution is 9.10. The Labute approximate surface area is 189 Å². The Balaban J connectivity index is 1.59. The fraction of sp³-hybridized carbons (Fsp3) is 0.292. The summed E-state index contributed by atoms with van der Waals surface area (Å²) in [6.45, 7) is 5.46. The molecule has 4 rings (SSSR count). The second-order valence-electron chi connectivity index (χ2n) is 7.85. The van der Waals surface area contributed by atoms with Crippen LogP contribution in [-0.4, -0.2) is 41.0 Å². The highest BCUT2D eigenvalue weighted by Crippen LogP contribution is 2.29. The van der Waals surface area contributed by atoms with E-state index in [1.165, 1.54) is 0 Å². The van der Waals surface area contributed by atoms with Gasteiger partial charge in [-0.2, -0.15) is 0 Å². The Morgan fingerprint density at radius 2 is 1.90 bits per heavy atom. The van der Waals surface area contributed by atoms with Gasteiger partial charge >= 0.3 is 5.97 Å². The van der Waals surface area contributed by atoms with Gasteiger partial charge in [-0.15, -0.1) is 0 Å². The third kappa shape index (κ3) is 4.62. The van der Waals surface area contributed by atoms with E-state index in [0.29, 0.717) is 23.8 Å². The van der Waals surface area contributed by atoms with Crippen LogP contribution >= 0.6 is 15.9 Å². The molecule has 0 saturated carbocycles. The molecule has 0 fully saturated rings. The first kappa shape index (κ1) is 21.5. The SMILES string of the molecule is CC(C)N1CCc2nc3ccccc3c(C(=O)OCC(=O)Nc3ccccc3Br)c2C1. The molecule has 0 atom stereocenters. The summed E-state index contributed by atoms with van der Waals surface area (Å²) in [5.41, 5.74) is 3.74. The van der Waals surface area contributed by atoms with Gasteiger partial charge in [-0.3, -0.25) is 14.7 Å². The lowest BCUT2D eigenvalue weighted by atomic mass is 9.95. The number of amides is 1. The molecule has 1 aliphatic rings.